The van der Waals surface area contributed by atoms with Gasteiger partial charge >= 0.3 is 0 Å². The van der Waals surface area contributed by atoms with Crippen molar-refractivity contribution < 1.29 is 4.79 Å². The van der Waals surface area contributed by atoms with E-state index in [-0.39, 0.29) is 11.9 Å². The van der Waals surface area contributed by atoms with Crippen molar-refractivity contribution in [1.29, 1.82) is 0 Å². The minimum Gasteiger partial charge on any atom is -0.342 e. The Hall–Kier alpha value is -1.82. The van der Waals surface area contributed by atoms with Crippen LogP contribution < -0.4 is 5.32 Å². The summed E-state index contributed by atoms with van der Waals surface area (Å²) in [5.74, 6) is 0.546. The first-order valence-corrected chi connectivity index (χ1v) is 7.15. The molecule has 0 fully saturated rings. The highest BCUT2D eigenvalue weighted by atomic mass is 32.2. The number of nitrogens with one attached hydrogen (secondary N) is 2. The standard InChI is InChI=1S/C13H16N4OS/c1-8-4-5-10(19-3)6-11(8)13(18)16-9(2)12-14-7-15-17-12/h4-7,9H,1-3H3,(H,16,18)(H,14,15,17). The number of nitrogens with zero attached hydrogens (tertiary/aromatic N) is 2. The smallest absolute Gasteiger partial charge is 0.252 e. The van der Waals surface area contributed by atoms with Gasteiger partial charge in [-0.05, 0) is 37.8 Å². The molecule has 1 atom stereocenters. The average Bonchev–Trinajstić information content (AvgIpc) is 2.93. The van der Waals surface area contributed by atoms with Crippen LogP contribution in [0.3, 0.4) is 0 Å². The van der Waals surface area contributed by atoms with Crippen LogP contribution >= 0.6 is 11.8 Å². The van der Waals surface area contributed by atoms with Gasteiger partial charge in [-0.3, -0.25) is 9.89 Å². The number of aromatic amines is 1. The molecule has 0 saturated carbocycles. The van der Waals surface area contributed by atoms with Gasteiger partial charge in [0.25, 0.3) is 5.91 Å². The third-order valence-electron chi connectivity index (χ3n) is 2.88. The molecule has 19 heavy (non-hydrogen) atoms. The van der Waals surface area contributed by atoms with Crippen molar-refractivity contribution >= 4 is 17.7 Å². The molecule has 1 amide bonds. The lowest BCUT2D eigenvalue weighted by Crippen LogP contribution is -2.28. The van der Waals surface area contributed by atoms with Crippen LogP contribution in [0.2, 0.25) is 0 Å². The molecule has 100 valence electrons. The second-order valence-corrected chi connectivity index (χ2v) is 5.13. The summed E-state index contributed by atoms with van der Waals surface area (Å²) < 4.78 is 0. The molecular formula is C13H16N4OS. The number of H-pyrrole nitrogens is 1. The van der Waals surface area contributed by atoms with Crippen molar-refractivity contribution in [1.82, 2.24) is 20.5 Å². The van der Waals surface area contributed by atoms with Gasteiger partial charge in [0.15, 0.2) is 0 Å². The maximum atomic E-state index is 12.3. The largest absolute Gasteiger partial charge is 0.342 e. The number of thioether (sulfide) groups is 1. The number of rotatable bonds is 4. The van der Waals surface area contributed by atoms with Crippen molar-refractivity contribution in [2.75, 3.05) is 6.26 Å². The van der Waals surface area contributed by atoms with E-state index in [4.69, 9.17) is 0 Å². The molecule has 1 heterocycles. The van der Waals surface area contributed by atoms with Gasteiger partial charge in [-0.15, -0.1) is 11.8 Å². The van der Waals surface area contributed by atoms with Gasteiger partial charge in [-0.1, -0.05) is 6.07 Å². The minimum absolute atomic E-state index is 0.0997. The molecule has 0 aliphatic heterocycles. The van der Waals surface area contributed by atoms with Crippen molar-refractivity contribution in [2.45, 2.75) is 24.8 Å². The molecule has 1 aromatic heterocycles. The first-order valence-electron chi connectivity index (χ1n) is 5.92. The van der Waals surface area contributed by atoms with E-state index in [0.29, 0.717) is 11.4 Å². The molecule has 1 unspecified atom stereocenters. The van der Waals surface area contributed by atoms with Crippen LogP contribution in [-0.4, -0.2) is 27.3 Å². The average molecular weight is 276 g/mol. The summed E-state index contributed by atoms with van der Waals surface area (Å²) in [7, 11) is 0. The monoisotopic (exact) mass is 276 g/mol. The molecule has 0 bridgehead atoms. The van der Waals surface area contributed by atoms with E-state index < -0.39 is 0 Å². The number of hydrogen-bond donors (Lipinski definition) is 2. The Bertz CT molecular complexity index is 568. The molecule has 6 heteroatoms. The van der Waals surface area contributed by atoms with Crippen LogP contribution in [0.5, 0.6) is 0 Å². The van der Waals surface area contributed by atoms with Gasteiger partial charge in [0.2, 0.25) is 0 Å². The summed E-state index contributed by atoms with van der Waals surface area (Å²) in [5, 5.41) is 9.44. The molecule has 0 aliphatic rings. The van der Waals surface area contributed by atoms with E-state index in [0.717, 1.165) is 10.5 Å². The minimum atomic E-state index is -0.202. The Morgan fingerprint density at radius 2 is 2.26 bits per heavy atom. The van der Waals surface area contributed by atoms with Crippen LogP contribution in [0.15, 0.2) is 29.4 Å². The number of carbonyl (C=O) groups is 1. The third kappa shape index (κ3) is 3.14. The van der Waals surface area contributed by atoms with Gasteiger partial charge in [-0.25, -0.2) is 4.98 Å². The molecule has 0 radical (unpaired) electrons. The maximum Gasteiger partial charge on any atom is 0.252 e. The van der Waals surface area contributed by atoms with E-state index in [2.05, 4.69) is 20.5 Å². The first-order chi connectivity index (χ1) is 9.11. The Morgan fingerprint density at radius 1 is 1.47 bits per heavy atom. The van der Waals surface area contributed by atoms with Gasteiger partial charge in [-0.2, -0.15) is 5.10 Å². The third-order valence-corrected chi connectivity index (χ3v) is 3.61. The maximum absolute atomic E-state index is 12.3. The lowest BCUT2D eigenvalue weighted by Gasteiger charge is -2.13. The number of hydrogen-bond acceptors (Lipinski definition) is 4. The summed E-state index contributed by atoms with van der Waals surface area (Å²) in [6.07, 6.45) is 3.42. The summed E-state index contributed by atoms with van der Waals surface area (Å²) in [6.45, 7) is 3.80. The molecular weight excluding hydrogens is 260 g/mol. The molecule has 0 spiro atoms. The SMILES string of the molecule is CSc1ccc(C)c(C(=O)NC(C)c2ncn[nH]2)c1. The van der Waals surface area contributed by atoms with Crippen molar-refractivity contribution in [3.8, 4) is 0 Å². The van der Waals surface area contributed by atoms with Gasteiger partial charge < -0.3 is 5.32 Å². The van der Waals surface area contributed by atoms with Gasteiger partial charge in [0, 0.05) is 10.5 Å². The lowest BCUT2D eigenvalue weighted by atomic mass is 10.1. The highest BCUT2D eigenvalue weighted by molar-refractivity contribution is 7.98. The topological polar surface area (TPSA) is 70.7 Å². The second kappa shape index (κ2) is 5.88. The van der Waals surface area contributed by atoms with Crippen LogP contribution in [0.1, 0.15) is 34.7 Å². The van der Waals surface area contributed by atoms with Gasteiger partial charge in [0.05, 0.1) is 6.04 Å². The zero-order chi connectivity index (χ0) is 13.8. The quantitative estimate of drug-likeness (QED) is 0.841. The number of amides is 1. The number of aryl methyl sites for hydroxylation is 1. The van der Waals surface area contributed by atoms with E-state index in [1.807, 2.05) is 38.3 Å². The van der Waals surface area contributed by atoms with E-state index >= 15 is 0 Å². The summed E-state index contributed by atoms with van der Waals surface area (Å²) >= 11 is 1.62. The predicted molar refractivity (Wildman–Crippen MR) is 75.2 cm³/mol. The normalized spacial score (nSPS) is 12.2. The van der Waals surface area contributed by atoms with Crippen molar-refractivity contribution in [3.63, 3.8) is 0 Å². The van der Waals surface area contributed by atoms with E-state index in [9.17, 15) is 4.79 Å². The fourth-order valence-corrected chi connectivity index (χ4v) is 2.18. The Labute approximate surface area is 116 Å². The fraction of sp³-hybridized carbons (Fsp3) is 0.308. The van der Waals surface area contributed by atoms with Crippen LogP contribution in [-0.2, 0) is 0 Å². The van der Waals surface area contributed by atoms with Gasteiger partial charge in [0.1, 0.15) is 12.2 Å². The molecule has 1 aromatic carbocycles. The molecule has 5 nitrogen and oxygen atoms in total. The van der Waals surface area contributed by atoms with Crippen molar-refractivity contribution in [2.24, 2.45) is 0 Å². The molecule has 2 aromatic rings. The molecule has 0 saturated heterocycles. The Kier molecular flexibility index (Phi) is 4.21. The van der Waals surface area contributed by atoms with E-state index in [1.54, 1.807) is 11.8 Å². The van der Waals surface area contributed by atoms with E-state index in [1.165, 1.54) is 6.33 Å². The highest BCUT2D eigenvalue weighted by Gasteiger charge is 2.15. The predicted octanol–water partition coefficient (Wildman–Crippen LogP) is 2.33. The molecule has 2 N–H and O–H groups in total. The molecule has 2 rings (SSSR count). The fourth-order valence-electron chi connectivity index (χ4n) is 1.74. The zero-order valence-electron chi connectivity index (χ0n) is 11.1. The first kappa shape index (κ1) is 13.6. The summed E-state index contributed by atoms with van der Waals surface area (Å²) in [4.78, 5) is 17.4. The summed E-state index contributed by atoms with van der Waals surface area (Å²) in [5.41, 5.74) is 1.65. The second-order valence-electron chi connectivity index (χ2n) is 4.25. The lowest BCUT2D eigenvalue weighted by molar-refractivity contribution is 0.0937. The Balaban J connectivity index is 2.16. The van der Waals surface area contributed by atoms with Crippen LogP contribution in [0, 0.1) is 6.92 Å². The van der Waals surface area contributed by atoms with Crippen LogP contribution in [0.4, 0.5) is 0 Å². The highest BCUT2D eigenvalue weighted by Crippen LogP contribution is 2.19. The number of carbonyl (C=O) groups excluding carboxylic acids is 1. The number of aromatic nitrogens is 3. The van der Waals surface area contributed by atoms with Crippen molar-refractivity contribution in [3.05, 3.63) is 41.5 Å². The molecule has 0 aliphatic carbocycles. The Morgan fingerprint density at radius 3 is 2.89 bits per heavy atom. The number of benzene rings is 1. The summed E-state index contributed by atoms with van der Waals surface area (Å²) in [6, 6.07) is 5.67. The zero-order valence-corrected chi connectivity index (χ0v) is 11.9. The van der Waals surface area contributed by atoms with Crippen LogP contribution in [0.25, 0.3) is 0 Å².